The van der Waals surface area contributed by atoms with E-state index in [4.69, 9.17) is 23.2 Å². The Morgan fingerprint density at radius 1 is 1.27 bits per heavy atom. The third-order valence-electron chi connectivity index (χ3n) is 3.98. The fraction of sp³-hybridized carbons (Fsp3) is 0.200. The molecule has 2 aromatic rings. The first kappa shape index (κ1) is 19.0. The molecule has 1 heterocycles. The molecule has 1 aliphatic rings. The van der Waals surface area contributed by atoms with Gasteiger partial charge in [-0.2, -0.15) is 0 Å². The summed E-state index contributed by atoms with van der Waals surface area (Å²) in [6, 6.07) is 13.0. The lowest BCUT2D eigenvalue weighted by atomic mass is 10.1. The first-order chi connectivity index (χ1) is 12.5. The van der Waals surface area contributed by atoms with Crippen LogP contribution in [0.25, 0.3) is 6.08 Å². The second-order valence-electron chi connectivity index (χ2n) is 5.87. The van der Waals surface area contributed by atoms with Crippen molar-refractivity contribution in [3.05, 3.63) is 69.7 Å². The lowest BCUT2D eigenvalue weighted by Crippen LogP contribution is -2.05. The molecule has 3 rings (SSSR count). The van der Waals surface area contributed by atoms with Gasteiger partial charge in [-0.25, -0.2) is 0 Å². The van der Waals surface area contributed by atoms with Crippen LogP contribution in [0.5, 0.6) is 0 Å². The number of hydrogen-bond donors (Lipinski definition) is 1. The zero-order valence-corrected chi connectivity index (χ0v) is 16.5. The molecule has 0 fully saturated rings. The molecule has 3 nitrogen and oxygen atoms in total. The summed E-state index contributed by atoms with van der Waals surface area (Å²) >= 11 is 13.7. The zero-order chi connectivity index (χ0) is 18.5. The number of anilines is 1. The highest BCUT2D eigenvalue weighted by molar-refractivity contribution is 8.14. The zero-order valence-electron chi connectivity index (χ0n) is 14.2. The summed E-state index contributed by atoms with van der Waals surface area (Å²) in [5, 5.41) is 5.32. The summed E-state index contributed by atoms with van der Waals surface area (Å²) in [6.07, 6.45) is 4.26. The average Bonchev–Trinajstić information content (AvgIpc) is 3.09. The van der Waals surface area contributed by atoms with Crippen molar-refractivity contribution in [1.82, 2.24) is 0 Å². The molecule has 0 aromatic heterocycles. The number of carbonyl (C=O) groups is 1. The number of rotatable bonds is 5. The Morgan fingerprint density at radius 2 is 2.04 bits per heavy atom. The van der Waals surface area contributed by atoms with E-state index in [0.29, 0.717) is 21.7 Å². The van der Waals surface area contributed by atoms with E-state index in [1.807, 2.05) is 12.1 Å². The van der Waals surface area contributed by atoms with Gasteiger partial charge in [0.05, 0.1) is 6.04 Å². The van der Waals surface area contributed by atoms with Gasteiger partial charge in [-0.1, -0.05) is 48.0 Å². The fourth-order valence-corrected chi connectivity index (χ4v) is 3.98. The van der Waals surface area contributed by atoms with Crippen LogP contribution in [0, 0.1) is 0 Å². The molecule has 1 atom stereocenters. The molecule has 0 unspecified atom stereocenters. The quantitative estimate of drug-likeness (QED) is 0.477. The largest absolute Gasteiger partial charge is 0.335 e. The van der Waals surface area contributed by atoms with Crippen molar-refractivity contribution in [2.24, 2.45) is 4.99 Å². The number of carbonyl (C=O) groups excluding carboxylic acids is 1. The van der Waals surface area contributed by atoms with Crippen LogP contribution >= 0.6 is 35.0 Å². The van der Waals surface area contributed by atoms with Gasteiger partial charge in [-0.05, 0) is 60.5 Å². The summed E-state index contributed by atoms with van der Waals surface area (Å²) in [7, 11) is 0. The molecule has 0 aliphatic carbocycles. The number of nitrogens with one attached hydrogen (secondary N) is 1. The minimum atomic E-state index is -0.0822. The number of halogens is 2. The highest BCUT2D eigenvalue weighted by Gasteiger charge is 2.16. The maximum absolute atomic E-state index is 12.3. The highest BCUT2D eigenvalue weighted by atomic mass is 35.5. The Labute approximate surface area is 167 Å². The minimum absolute atomic E-state index is 0.0822. The number of aliphatic imine (C=N–C) groups is 1. The van der Waals surface area contributed by atoms with Crippen molar-refractivity contribution in [1.29, 1.82) is 0 Å². The van der Waals surface area contributed by atoms with Crippen LogP contribution in [0.3, 0.4) is 0 Å². The SMILES string of the molecule is CC[C@H]1CSC(Nc2ccc(C(=O)/C=C/c3ccc(Cl)cc3Cl)cc2)=N1. The summed E-state index contributed by atoms with van der Waals surface area (Å²) < 4.78 is 0. The van der Waals surface area contributed by atoms with E-state index in [9.17, 15) is 4.79 Å². The summed E-state index contributed by atoms with van der Waals surface area (Å²) in [5.74, 6) is 0.939. The lowest BCUT2D eigenvalue weighted by Gasteiger charge is -2.05. The molecule has 6 heteroatoms. The van der Waals surface area contributed by atoms with E-state index in [1.54, 1.807) is 48.2 Å². The number of thioether (sulfide) groups is 1. The van der Waals surface area contributed by atoms with Crippen LogP contribution in [-0.2, 0) is 0 Å². The van der Waals surface area contributed by atoms with Crippen LogP contribution < -0.4 is 5.32 Å². The maximum atomic E-state index is 12.3. The highest BCUT2D eigenvalue weighted by Crippen LogP contribution is 2.23. The van der Waals surface area contributed by atoms with E-state index in [-0.39, 0.29) is 5.78 Å². The van der Waals surface area contributed by atoms with Gasteiger partial charge < -0.3 is 5.32 Å². The molecule has 0 amide bonds. The topological polar surface area (TPSA) is 41.5 Å². The second kappa shape index (κ2) is 8.76. The van der Waals surface area contributed by atoms with Crippen molar-refractivity contribution in [2.75, 3.05) is 11.1 Å². The molecule has 0 saturated heterocycles. The first-order valence-corrected chi connectivity index (χ1v) is 10.0. The minimum Gasteiger partial charge on any atom is -0.335 e. The molecule has 26 heavy (non-hydrogen) atoms. The Bertz CT molecular complexity index is 863. The number of nitrogens with zero attached hydrogens (tertiary/aromatic N) is 1. The second-order valence-corrected chi connectivity index (χ2v) is 7.73. The van der Waals surface area contributed by atoms with Gasteiger partial charge in [0.15, 0.2) is 11.0 Å². The Morgan fingerprint density at radius 3 is 2.69 bits per heavy atom. The third-order valence-corrected chi connectivity index (χ3v) is 5.58. The fourth-order valence-electron chi connectivity index (χ4n) is 2.43. The van der Waals surface area contributed by atoms with Crippen LogP contribution in [0.4, 0.5) is 5.69 Å². The van der Waals surface area contributed by atoms with Gasteiger partial charge in [-0.15, -0.1) is 0 Å². The monoisotopic (exact) mass is 404 g/mol. The van der Waals surface area contributed by atoms with E-state index in [0.717, 1.165) is 28.6 Å². The van der Waals surface area contributed by atoms with Crippen molar-refractivity contribution in [3.63, 3.8) is 0 Å². The van der Waals surface area contributed by atoms with Crippen molar-refractivity contribution in [3.8, 4) is 0 Å². The van der Waals surface area contributed by atoms with Crippen molar-refractivity contribution >= 4 is 57.7 Å². The predicted molar refractivity (Wildman–Crippen MR) is 114 cm³/mol. The Hall–Kier alpha value is -1.75. The molecule has 1 N–H and O–H groups in total. The van der Waals surface area contributed by atoms with Crippen LogP contribution in [-0.4, -0.2) is 22.7 Å². The predicted octanol–water partition coefficient (Wildman–Crippen LogP) is 6.18. The van der Waals surface area contributed by atoms with Gasteiger partial charge in [0.1, 0.15) is 0 Å². The van der Waals surface area contributed by atoms with Crippen molar-refractivity contribution in [2.45, 2.75) is 19.4 Å². The van der Waals surface area contributed by atoms with Gasteiger partial charge in [0.2, 0.25) is 0 Å². The molecular weight excluding hydrogens is 387 g/mol. The van der Waals surface area contributed by atoms with E-state index >= 15 is 0 Å². The number of benzene rings is 2. The van der Waals surface area contributed by atoms with E-state index in [1.165, 1.54) is 6.08 Å². The average molecular weight is 405 g/mol. The summed E-state index contributed by atoms with van der Waals surface area (Å²) in [5.41, 5.74) is 2.29. The van der Waals surface area contributed by atoms with E-state index in [2.05, 4.69) is 17.2 Å². The van der Waals surface area contributed by atoms with Gasteiger partial charge in [0.25, 0.3) is 0 Å². The normalized spacial score (nSPS) is 16.7. The smallest absolute Gasteiger partial charge is 0.185 e. The Kier molecular flexibility index (Phi) is 6.41. The molecule has 0 bridgehead atoms. The van der Waals surface area contributed by atoms with Gasteiger partial charge in [0, 0.05) is 27.0 Å². The van der Waals surface area contributed by atoms with Crippen molar-refractivity contribution < 1.29 is 4.79 Å². The maximum Gasteiger partial charge on any atom is 0.185 e. The van der Waals surface area contributed by atoms with Gasteiger partial charge in [-0.3, -0.25) is 9.79 Å². The van der Waals surface area contributed by atoms with Crippen LogP contribution in [0.1, 0.15) is 29.3 Å². The summed E-state index contributed by atoms with van der Waals surface area (Å²) in [6.45, 7) is 2.14. The number of amidine groups is 1. The number of allylic oxidation sites excluding steroid dienone is 1. The number of hydrogen-bond acceptors (Lipinski definition) is 4. The van der Waals surface area contributed by atoms with Gasteiger partial charge >= 0.3 is 0 Å². The first-order valence-electron chi connectivity index (χ1n) is 8.30. The molecule has 2 aromatic carbocycles. The molecule has 0 saturated carbocycles. The summed E-state index contributed by atoms with van der Waals surface area (Å²) in [4.78, 5) is 16.9. The third kappa shape index (κ3) is 4.91. The molecule has 1 aliphatic heterocycles. The van der Waals surface area contributed by atoms with Crippen LogP contribution in [0.15, 0.2) is 53.5 Å². The number of ketones is 1. The van der Waals surface area contributed by atoms with E-state index < -0.39 is 0 Å². The lowest BCUT2D eigenvalue weighted by molar-refractivity contribution is 0.104. The molecule has 0 spiro atoms. The molecule has 0 radical (unpaired) electrons. The standard InChI is InChI=1S/C20H18Cl2N2OS/c1-2-16-12-26-20(23-16)24-17-8-4-14(5-9-17)19(25)10-6-13-3-7-15(21)11-18(13)22/h3-11,16H,2,12H2,1H3,(H,23,24)/b10-6+/t16-/m0/s1. The van der Waals surface area contributed by atoms with Crippen LogP contribution in [0.2, 0.25) is 10.0 Å². The molecular formula is C20H18Cl2N2OS. The molecule has 134 valence electrons. The Balaban J connectivity index is 1.64.